The van der Waals surface area contributed by atoms with Crippen molar-refractivity contribution in [1.29, 1.82) is 0 Å². The van der Waals surface area contributed by atoms with Crippen LogP contribution in [0.25, 0.3) is 0 Å². The molecular weight excluding hydrogens is 368 g/mol. The number of allylic oxidation sites excluding steroid dienone is 3. The summed E-state index contributed by atoms with van der Waals surface area (Å²) in [4.78, 5) is 36.1. The van der Waals surface area contributed by atoms with E-state index in [0.29, 0.717) is 18.0 Å². The lowest BCUT2D eigenvalue weighted by molar-refractivity contribution is -0.138. The molecule has 0 spiro atoms. The average Bonchev–Trinajstić information content (AvgIpc) is 2.63. The van der Waals surface area contributed by atoms with Gasteiger partial charge in [-0.15, -0.1) is 0 Å². The van der Waals surface area contributed by atoms with Gasteiger partial charge in [0.2, 0.25) is 11.8 Å². The number of ether oxygens (including phenoxy) is 1. The van der Waals surface area contributed by atoms with Crippen molar-refractivity contribution in [3.63, 3.8) is 0 Å². The van der Waals surface area contributed by atoms with Gasteiger partial charge in [-0.05, 0) is 36.6 Å². The molecule has 0 unspecified atom stereocenters. The Morgan fingerprint density at radius 3 is 2.78 bits per heavy atom. The second-order valence-corrected chi connectivity index (χ2v) is 6.73. The van der Waals surface area contributed by atoms with Crippen LogP contribution in [0.1, 0.15) is 25.3 Å². The molecule has 0 saturated carbocycles. The van der Waals surface area contributed by atoms with Crippen LogP contribution in [0.4, 0.5) is 0 Å². The van der Waals surface area contributed by atoms with E-state index >= 15 is 0 Å². The predicted octanol–water partition coefficient (Wildman–Crippen LogP) is 2.53. The van der Waals surface area contributed by atoms with Gasteiger partial charge < -0.3 is 15.4 Å². The lowest BCUT2D eigenvalue weighted by Crippen LogP contribution is -2.36. The van der Waals surface area contributed by atoms with Gasteiger partial charge in [-0.25, -0.2) is 4.79 Å². The fraction of sp³-hybridized carbons (Fsp3) is 0.350. The predicted molar refractivity (Wildman–Crippen MR) is 103 cm³/mol. The van der Waals surface area contributed by atoms with Gasteiger partial charge in [0.05, 0.1) is 12.5 Å². The van der Waals surface area contributed by atoms with Crippen molar-refractivity contribution in [3.8, 4) is 0 Å². The van der Waals surface area contributed by atoms with Crippen LogP contribution in [0.15, 0.2) is 48.1 Å². The largest absolute Gasteiger partial charge is 0.461 e. The number of hydrogen-bond donors (Lipinski definition) is 2. The van der Waals surface area contributed by atoms with Gasteiger partial charge in [0.15, 0.2) is 0 Å². The molecule has 1 aliphatic rings. The average molecular weight is 391 g/mol. The van der Waals surface area contributed by atoms with Crippen molar-refractivity contribution >= 4 is 29.4 Å². The highest BCUT2D eigenvalue weighted by Gasteiger charge is 2.21. The molecule has 0 bridgehead atoms. The van der Waals surface area contributed by atoms with E-state index < -0.39 is 11.9 Å². The number of benzene rings is 1. The van der Waals surface area contributed by atoms with Crippen molar-refractivity contribution in [2.24, 2.45) is 5.92 Å². The van der Waals surface area contributed by atoms with E-state index in [2.05, 4.69) is 10.6 Å². The van der Waals surface area contributed by atoms with Crippen molar-refractivity contribution < 1.29 is 19.1 Å². The molecule has 27 heavy (non-hydrogen) atoms. The van der Waals surface area contributed by atoms with Gasteiger partial charge in [-0.1, -0.05) is 35.9 Å². The first-order valence-corrected chi connectivity index (χ1v) is 9.12. The summed E-state index contributed by atoms with van der Waals surface area (Å²) in [5, 5.41) is 6.16. The molecule has 2 amide bonds. The zero-order valence-electron chi connectivity index (χ0n) is 15.2. The lowest BCUT2D eigenvalue weighted by Gasteiger charge is -2.16. The Balaban J connectivity index is 1.94. The van der Waals surface area contributed by atoms with E-state index in [9.17, 15) is 14.4 Å². The van der Waals surface area contributed by atoms with Gasteiger partial charge in [0.1, 0.15) is 6.61 Å². The first-order valence-electron chi connectivity index (χ1n) is 8.74. The molecule has 7 heteroatoms. The van der Waals surface area contributed by atoms with Gasteiger partial charge in [-0.3, -0.25) is 9.59 Å². The Bertz CT molecular complexity index is 741. The molecule has 0 fully saturated rings. The van der Waals surface area contributed by atoms with Crippen molar-refractivity contribution in [1.82, 2.24) is 10.6 Å². The zero-order valence-corrected chi connectivity index (χ0v) is 15.9. The number of carbonyl (C=O) groups is 3. The molecule has 1 atom stereocenters. The molecular formula is C20H23ClN2O4. The Hall–Kier alpha value is -2.60. The maximum Gasteiger partial charge on any atom is 0.331 e. The van der Waals surface area contributed by atoms with Crippen molar-refractivity contribution in [2.75, 3.05) is 13.2 Å². The lowest BCUT2D eigenvalue weighted by atomic mass is 9.98. The SMILES string of the molecule is CC1=C/C(=O)OCCNC(=O)[C@@H](CC(=O)NCc2ccc(Cl)cc2)C\C=C\1. The van der Waals surface area contributed by atoms with Gasteiger partial charge >= 0.3 is 5.97 Å². The van der Waals surface area contributed by atoms with Crippen LogP contribution < -0.4 is 10.6 Å². The van der Waals surface area contributed by atoms with Crippen LogP contribution >= 0.6 is 11.6 Å². The third-order valence-corrected chi connectivity index (χ3v) is 4.25. The highest BCUT2D eigenvalue weighted by atomic mass is 35.5. The second kappa shape index (κ2) is 10.5. The molecule has 1 heterocycles. The minimum atomic E-state index is -0.491. The van der Waals surface area contributed by atoms with E-state index in [0.717, 1.165) is 11.1 Å². The summed E-state index contributed by atoms with van der Waals surface area (Å²) in [6.07, 6.45) is 5.41. The number of hydrogen-bond acceptors (Lipinski definition) is 4. The summed E-state index contributed by atoms with van der Waals surface area (Å²) in [6, 6.07) is 7.20. The van der Waals surface area contributed by atoms with Crippen LogP contribution in [-0.4, -0.2) is 30.9 Å². The third kappa shape index (κ3) is 7.66. The van der Waals surface area contributed by atoms with Crippen molar-refractivity contribution in [3.05, 3.63) is 58.7 Å². The first-order chi connectivity index (χ1) is 12.9. The Labute approximate surface area is 163 Å². The molecule has 144 valence electrons. The minimum Gasteiger partial charge on any atom is -0.461 e. The van der Waals surface area contributed by atoms with Crippen LogP contribution in [0.3, 0.4) is 0 Å². The quantitative estimate of drug-likeness (QED) is 0.774. The van der Waals surface area contributed by atoms with Gasteiger partial charge in [-0.2, -0.15) is 0 Å². The third-order valence-electron chi connectivity index (χ3n) is 4.00. The fourth-order valence-corrected chi connectivity index (χ4v) is 2.67. The maximum absolute atomic E-state index is 12.3. The molecule has 0 radical (unpaired) electrons. The standard InChI is InChI=1S/C20H23ClN2O4/c1-14-3-2-4-16(20(26)22-9-10-27-19(25)11-14)12-18(24)23-13-15-5-7-17(21)8-6-15/h2-3,5-8,11,16H,4,9-10,12-13H2,1H3,(H,22,26)(H,23,24)/b3-2+,14-11-/t16-/m1/s1. The van der Waals surface area contributed by atoms with E-state index in [4.69, 9.17) is 16.3 Å². The van der Waals surface area contributed by atoms with E-state index in [-0.39, 0.29) is 31.4 Å². The van der Waals surface area contributed by atoms with Crippen LogP contribution in [0.5, 0.6) is 0 Å². The molecule has 0 aromatic heterocycles. The molecule has 0 aliphatic carbocycles. The summed E-state index contributed by atoms with van der Waals surface area (Å²) in [7, 11) is 0. The van der Waals surface area contributed by atoms with Crippen LogP contribution in [0.2, 0.25) is 5.02 Å². The van der Waals surface area contributed by atoms with E-state index in [1.807, 2.05) is 12.1 Å². The van der Waals surface area contributed by atoms with Crippen LogP contribution in [0, 0.1) is 5.92 Å². The number of amides is 2. The van der Waals surface area contributed by atoms with Crippen molar-refractivity contribution in [2.45, 2.75) is 26.3 Å². The fourth-order valence-electron chi connectivity index (χ4n) is 2.55. The highest BCUT2D eigenvalue weighted by Crippen LogP contribution is 2.13. The van der Waals surface area contributed by atoms with E-state index in [1.54, 1.807) is 31.2 Å². The Morgan fingerprint density at radius 2 is 2.04 bits per heavy atom. The van der Waals surface area contributed by atoms with Gasteiger partial charge in [0.25, 0.3) is 0 Å². The summed E-state index contributed by atoms with van der Waals surface area (Å²) in [6.45, 7) is 2.45. The summed E-state index contributed by atoms with van der Waals surface area (Å²) in [5.74, 6) is -1.37. The zero-order chi connectivity index (χ0) is 19.6. The van der Waals surface area contributed by atoms with Gasteiger partial charge in [0, 0.05) is 24.1 Å². The Morgan fingerprint density at radius 1 is 1.30 bits per heavy atom. The maximum atomic E-state index is 12.3. The minimum absolute atomic E-state index is 0.0757. The highest BCUT2D eigenvalue weighted by molar-refractivity contribution is 6.30. The monoisotopic (exact) mass is 390 g/mol. The molecule has 1 aliphatic heterocycles. The number of esters is 1. The molecule has 2 N–H and O–H groups in total. The number of rotatable bonds is 4. The number of carbonyl (C=O) groups excluding carboxylic acids is 3. The number of nitrogens with one attached hydrogen (secondary N) is 2. The molecule has 2 rings (SSSR count). The second-order valence-electron chi connectivity index (χ2n) is 6.29. The molecule has 1 aromatic carbocycles. The van der Waals surface area contributed by atoms with E-state index in [1.165, 1.54) is 6.08 Å². The smallest absolute Gasteiger partial charge is 0.331 e. The molecule has 0 saturated heterocycles. The molecule has 1 aromatic rings. The summed E-state index contributed by atoms with van der Waals surface area (Å²) >= 11 is 5.84. The molecule has 6 nitrogen and oxygen atoms in total. The number of cyclic esters (lactones) is 1. The topological polar surface area (TPSA) is 84.5 Å². The summed E-state index contributed by atoms with van der Waals surface area (Å²) in [5.41, 5.74) is 1.66. The number of halogens is 1. The Kier molecular flexibility index (Phi) is 8.07. The summed E-state index contributed by atoms with van der Waals surface area (Å²) < 4.78 is 4.99. The normalized spacial score (nSPS) is 21.6. The first kappa shape index (κ1) is 20.7. The van der Waals surface area contributed by atoms with Crippen LogP contribution in [-0.2, 0) is 25.7 Å².